The molecule has 1 atom stereocenters. The van der Waals surface area contributed by atoms with Crippen molar-refractivity contribution in [3.63, 3.8) is 0 Å². The van der Waals surface area contributed by atoms with Crippen LogP contribution in [0.15, 0.2) is 46.3 Å². The lowest BCUT2D eigenvalue weighted by molar-refractivity contribution is 0.166. The Morgan fingerprint density at radius 1 is 1.18 bits per heavy atom. The Morgan fingerprint density at radius 2 is 1.94 bits per heavy atom. The molecule has 0 bridgehead atoms. The molecule has 17 heavy (non-hydrogen) atoms. The molecule has 0 aliphatic heterocycles. The van der Waals surface area contributed by atoms with E-state index in [0.717, 1.165) is 23.7 Å². The molecular weight excluding hydrogens is 296 g/mol. The highest BCUT2D eigenvalue weighted by molar-refractivity contribution is 9.10. The molecule has 0 radical (unpaired) electrons. The molecule has 0 saturated heterocycles. The van der Waals surface area contributed by atoms with Gasteiger partial charge in [-0.15, -0.1) is 11.3 Å². The summed E-state index contributed by atoms with van der Waals surface area (Å²) in [7, 11) is 0. The van der Waals surface area contributed by atoms with Crippen molar-refractivity contribution in [1.82, 2.24) is 0 Å². The molecular formula is C14H15BrOS. The average molecular weight is 311 g/mol. The van der Waals surface area contributed by atoms with E-state index in [1.807, 2.05) is 29.6 Å². The van der Waals surface area contributed by atoms with Gasteiger partial charge in [0.2, 0.25) is 0 Å². The van der Waals surface area contributed by atoms with E-state index in [1.165, 1.54) is 10.4 Å². The van der Waals surface area contributed by atoms with Gasteiger partial charge in [0.25, 0.3) is 0 Å². The Labute approximate surface area is 114 Å². The third-order valence-corrected chi connectivity index (χ3v) is 4.67. The number of aliphatic hydroxyl groups is 1. The summed E-state index contributed by atoms with van der Waals surface area (Å²) < 4.78 is 1.11. The molecule has 3 heteroatoms. The van der Waals surface area contributed by atoms with E-state index in [-0.39, 0.29) is 6.10 Å². The van der Waals surface area contributed by atoms with E-state index in [9.17, 15) is 5.11 Å². The van der Waals surface area contributed by atoms with E-state index in [0.29, 0.717) is 0 Å². The van der Waals surface area contributed by atoms with E-state index in [1.54, 1.807) is 11.3 Å². The maximum Gasteiger partial charge on any atom is 0.0592 e. The first-order chi connectivity index (χ1) is 8.25. The van der Waals surface area contributed by atoms with Gasteiger partial charge in [-0.25, -0.2) is 0 Å². The minimum Gasteiger partial charge on any atom is -0.393 e. The normalized spacial score (nSPS) is 12.6. The quantitative estimate of drug-likeness (QED) is 0.883. The summed E-state index contributed by atoms with van der Waals surface area (Å²) in [6, 6.07) is 12.3. The number of halogens is 1. The van der Waals surface area contributed by atoms with E-state index < -0.39 is 0 Å². The lowest BCUT2D eigenvalue weighted by Crippen LogP contribution is -2.11. The van der Waals surface area contributed by atoms with E-state index in [4.69, 9.17) is 0 Å². The first kappa shape index (κ1) is 12.8. The molecule has 1 N–H and O–H groups in total. The van der Waals surface area contributed by atoms with Gasteiger partial charge < -0.3 is 5.11 Å². The number of aliphatic hydroxyl groups excluding tert-OH is 1. The van der Waals surface area contributed by atoms with Crippen molar-refractivity contribution in [2.75, 3.05) is 0 Å². The minimum atomic E-state index is -0.259. The lowest BCUT2D eigenvalue weighted by Gasteiger charge is -2.09. The maximum atomic E-state index is 9.99. The van der Waals surface area contributed by atoms with Crippen LogP contribution in [-0.4, -0.2) is 11.2 Å². The third-order valence-electron chi connectivity index (χ3n) is 2.72. The Balaban J connectivity index is 1.82. The maximum absolute atomic E-state index is 9.99. The summed E-state index contributed by atoms with van der Waals surface area (Å²) >= 11 is 5.18. The van der Waals surface area contributed by atoms with E-state index >= 15 is 0 Å². The SMILES string of the molecule is OC(CCc1ccccc1)Cc1sccc1Br. The zero-order chi connectivity index (χ0) is 12.1. The highest BCUT2D eigenvalue weighted by atomic mass is 79.9. The molecule has 1 unspecified atom stereocenters. The molecule has 2 rings (SSSR count). The summed E-state index contributed by atoms with van der Waals surface area (Å²) in [5, 5.41) is 12.0. The number of aryl methyl sites for hydroxylation is 1. The number of hydrogen-bond donors (Lipinski definition) is 1. The molecule has 0 spiro atoms. The fourth-order valence-electron chi connectivity index (χ4n) is 1.76. The van der Waals surface area contributed by atoms with Crippen LogP contribution in [0.5, 0.6) is 0 Å². The van der Waals surface area contributed by atoms with Crippen LogP contribution in [-0.2, 0) is 12.8 Å². The van der Waals surface area contributed by atoms with Gasteiger partial charge in [0.1, 0.15) is 0 Å². The van der Waals surface area contributed by atoms with Crippen LogP contribution in [0.1, 0.15) is 16.9 Å². The van der Waals surface area contributed by atoms with Crippen molar-refractivity contribution in [3.8, 4) is 0 Å². The molecule has 1 heterocycles. The summed E-state index contributed by atoms with van der Waals surface area (Å²) in [5.74, 6) is 0. The van der Waals surface area contributed by atoms with Crippen LogP contribution in [0, 0.1) is 0 Å². The summed E-state index contributed by atoms with van der Waals surface area (Å²) in [5.41, 5.74) is 1.29. The molecule has 0 saturated carbocycles. The third kappa shape index (κ3) is 3.95. The molecule has 0 fully saturated rings. The van der Waals surface area contributed by atoms with Crippen molar-refractivity contribution >= 4 is 27.3 Å². The summed E-state index contributed by atoms with van der Waals surface area (Å²) in [6.45, 7) is 0. The molecule has 0 aliphatic rings. The molecule has 1 aromatic heterocycles. The number of hydrogen-bond acceptors (Lipinski definition) is 2. The van der Waals surface area contributed by atoms with Gasteiger partial charge >= 0.3 is 0 Å². The van der Waals surface area contributed by atoms with Crippen LogP contribution < -0.4 is 0 Å². The number of thiophene rings is 1. The van der Waals surface area contributed by atoms with Gasteiger partial charge in [-0.2, -0.15) is 0 Å². The smallest absolute Gasteiger partial charge is 0.0592 e. The van der Waals surface area contributed by atoms with Crippen molar-refractivity contribution < 1.29 is 5.11 Å². The predicted molar refractivity (Wildman–Crippen MR) is 76.5 cm³/mol. The molecule has 0 aliphatic carbocycles. The van der Waals surface area contributed by atoms with Crippen molar-refractivity contribution in [2.24, 2.45) is 0 Å². The number of rotatable bonds is 5. The van der Waals surface area contributed by atoms with E-state index in [2.05, 4.69) is 28.1 Å². The van der Waals surface area contributed by atoms with Gasteiger partial charge in [0.15, 0.2) is 0 Å². The van der Waals surface area contributed by atoms with Crippen LogP contribution >= 0.6 is 27.3 Å². The van der Waals surface area contributed by atoms with Gasteiger partial charge in [0.05, 0.1) is 6.10 Å². The topological polar surface area (TPSA) is 20.2 Å². The Bertz CT molecular complexity index is 452. The molecule has 1 nitrogen and oxygen atoms in total. The van der Waals surface area contributed by atoms with Crippen molar-refractivity contribution in [2.45, 2.75) is 25.4 Å². The lowest BCUT2D eigenvalue weighted by atomic mass is 10.0. The highest BCUT2D eigenvalue weighted by Gasteiger charge is 2.09. The van der Waals surface area contributed by atoms with Crippen LogP contribution in [0.25, 0.3) is 0 Å². The zero-order valence-corrected chi connectivity index (χ0v) is 11.9. The Hall–Kier alpha value is -0.640. The fraction of sp³-hybridized carbons (Fsp3) is 0.286. The van der Waals surface area contributed by atoms with Gasteiger partial charge in [0, 0.05) is 15.8 Å². The zero-order valence-electron chi connectivity index (χ0n) is 9.47. The van der Waals surface area contributed by atoms with Gasteiger partial charge in [-0.05, 0) is 45.8 Å². The average Bonchev–Trinajstić information content (AvgIpc) is 2.74. The molecule has 2 aromatic rings. The standard InChI is InChI=1S/C14H15BrOS/c15-13-8-9-17-14(13)10-12(16)7-6-11-4-2-1-3-5-11/h1-5,8-9,12,16H,6-7,10H2. The second-order valence-corrected chi connectivity index (χ2v) is 5.93. The number of benzene rings is 1. The van der Waals surface area contributed by atoms with Gasteiger partial charge in [-0.3, -0.25) is 0 Å². The molecule has 90 valence electrons. The molecule has 0 amide bonds. The minimum absolute atomic E-state index is 0.259. The van der Waals surface area contributed by atoms with Gasteiger partial charge in [-0.1, -0.05) is 30.3 Å². The monoisotopic (exact) mass is 310 g/mol. The van der Waals surface area contributed by atoms with Crippen LogP contribution in [0.4, 0.5) is 0 Å². The van der Waals surface area contributed by atoms with Crippen LogP contribution in [0.3, 0.4) is 0 Å². The second kappa shape index (κ2) is 6.34. The van der Waals surface area contributed by atoms with Crippen LogP contribution in [0.2, 0.25) is 0 Å². The Kier molecular flexibility index (Phi) is 4.77. The summed E-state index contributed by atoms with van der Waals surface area (Å²) in [4.78, 5) is 1.23. The predicted octanol–water partition coefficient (Wildman–Crippen LogP) is 4.05. The molecule has 1 aromatic carbocycles. The van der Waals surface area contributed by atoms with Crippen molar-refractivity contribution in [3.05, 3.63) is 56.7 Å². The van der Waals surface area contributed by atoms with Crippen molar-refractivity contribution in [1.29, 1.82) is 0 Å². The fourth-order valence-corrected chi connectivity index (χ4v) is 3.35. The highest BCUT2D eigenvalue weighted by Crippen LogP contribution is 2.24. The first-order valence-corrected chi connectivity index (χ1v) is 7.37. The Morgan fingerprint density at radius 3 is 2.59 bits per heavy atom. The first-order valence-electron chi connectivity index (χ1n) is 5.69. The largest absolute Gasteiger partial charge is 0.393 e. The summed E-state index contributed by atoms with van der Waals surface area (Å²) in [6.07, 6.45) is 2.23. The second-order valence-electron chi connectivity index (χ2n) is 4.07.